The second-order valence-corrected chi connectivity index (χ2v) is 8.11. The van der Waals surface area contributed by atoms with Gasteiger partial charge in [-0.15, -0.1) is 0 Å². The summed E-state index contributed by atoms with van der Waals surface area (Å²) in [6.07, 6.45) is 0.980. The molecule has 0 aliphatic rings. The molecule has 0 spiro atoms. The van der Waals surface area contributed by atoms with Gasteiger partial charge in [0, 0.05) is 17.1 Å². The molecule has 5 nitrogen and oxygen atoms in total. The highest BCUT2D eigenvalue weighted by atomic mass is 79.9. The fourth-order valence-corrected chi connectivity index (χ4v) is 2.37. The summed E-state index contributed by atoms with van der Waals surface area (Å²) in [4.78, 5) is 11.5. The van der Waals surface area contributed by atoms with E-state index in [9.17, 15) is 18.3 Å². The van der Waals surface area contributed by atoms with Gasteiger partial charge >= 0.3 is 0 Å². The highest BCUT2D eigenvalue weighted by molar-refractivity contribution is 9.10. The molecule has 1 rings (SSSR count). The van der Waals surface area contributed by atoms with E-state index in [1.807, 2.05) is 0 Å². The van der Waals surface area contributed by atoms with Gasteiger partial charge in [0.25, 0.3) is 0 Å². The summed E-state index contributed by atoms with van der Waals surface area (Å²) in [6, 6.07) is 7.12. The fraction of sp³-hybridized carbons (Fsp3) is 0.462. The number of aliphatic hydroxyl groups is 1. The zero-order valence-electron chi connectivity index (χ0n) is 11.4. The molecule has 1 amide bonds. The number of amides is 1. The molecule has 0 saturated heterocycles. The highest BCUT2D eigenvalue weighted by Crippen LogP contribution is 2.21. The Morgan fingerprint density at radius 2 is 1.90 bits per heavy atom. The third-order valence-corrected chi connectivity index (χ3v) is 4.27. The number of sulfone groups is 1. The summed E-state index contributed by atoms with van der Waals surface area (Å²) in [5.41, 5.74) is -0.536. The largest absolute Gasteiger partial charge is 0.384 e. The van der Waals surface area contributed by atoms with Crippen LogP contribution in [0.1, 0.15) is 18.9 Å². The van der Waals surface area contributed by atoms with Crippen molar-refractivity contribution in [2.45, 2.75) is 18.9 Å². The third-order valence-electron chi connectivity index (χ3n) is 2.80. The molecule has 0 fully saturated rings. The fourth-order valence-electron chi connectivity index (χ4n) is 1.55. The van der Waals surface area contributed by atoms with Crippen LogP contribution in [0.25, 0.3) is 0 Å². The number of carbonyl (C=O) groups excluding carboxylic acids is 1. The predicted octanol–water partition coefficient (Wildman–Crippen LogP) is 1.21. The van der Waals surface area contributed by atoms with Gasteiger partial charge < -0.3 is 10.4 Å². The van der Waals surface area contributed by atoms with E-state index in [0.29, 0.717) is 5.56 Å². The van der Waals surface area contributed by atoms with Crippen LogP contribution in [0.15, 0.2) is 28.7 Å². The molecule has 1 aromatic rings. The average Bonchev–Trinajstić information content (AvgIpc) is 2.34. The van der Waals surface area contributed by atoms with Crippen LogP contribution in [-0.2, 0) is 20.2 Å². The van der Waals surface area contributed by atoms with Crippen LogP contribution in [0, 0.1) is 0 Å². The SMILES string of the molecule is CC(O)(CNC(=O)CCS(C)(=O)=O)c1ccc(Br)cc1. The van der Waals surface area contributed by atoms with E-state index in [1.165, 1.54) is 0 Å². The number of benzene rings is 1. The number of nitrogens with one attached hydrogen (secondary N) is 1. The first kappa shape index (κ1) is 17.1. The summed E-state index contributed by atoms with van der Waals surface area (Å²) in [6.45, 7) is 1.62. The Morgan fingerprint density at radius 3 is 2.40 bits per heavy atom. The maximum absolute atomic E-state index is 11.5. The molecule has 0 aliphatic carbocycles. The Morgan fingerprint density at radius 1 is 1.35 bits per heavy atom. The molecule has 7 heteroatoms. The van der Waals surface area contributed by atoms with Crippen LogP contribution in [0.5, 0.6) is 0 Å². The maximum Gasteiger partial charge on any atom is 0.221 e. The molecule has 0 heterocycles. The zero-order chi connectivity index (χ0) is 15.4. The van der Waals surface area contributed by atoms with Gasteiger partial charge in [-0.3, -0.25) is 4.79 Å². The second kappa shape index (κ2) is 6.69. The summed E-state index contributed by atoms with van der Waals surface area (Å²) >= 11 is 3.31. The molecule has 0 aromatic heterocycles. The Hall–Kier alpha value is -0.920. The lowest BCUT2D eigenvalue weighted by molar-refractivity contribution is -0.121. The molecule has 0 saturated carbocycles. The van der Waals surface area contributed by atoms with E-state index in [2.05, 4.69) is 21.2 Å². The highest BCUT2D eigenvalue weighted by Gasteiger charge is 2.23. The predicted molar refractivity (Wildman–Crippen MR) is 81.1 cm³/mol. The Kier molecular flexibility index (Phi) is 5.73. The zero-order valence-corrected chi connectivity index (χ0v) is 13.8. The van der Waals surface area contributed by atoms with Gasteiger partial charge in [0.15, 0.2) is 0 Å². The van der Waals surface area contributed by atoms with Crippen molar-refractivity contribution in [3.8, 4) is 0 Å². The molecule has 2 N–H and O–H groups in total. The summed E-state index contributed by atoms with van der Waals surface area (Å²) in [5, 5.41) is 12.8. The van der Waals surface area contributed by atoms with Crippen LogP contribution in [0.2, 0.25) is 0 Å². The summed E-state index contributed by atoms with van der Waals surface area (Å²) < 4.78 is 22.8. The van der Waals surface area contributed by atoms with Gasteiger partial charge in [-0.2, -0.15) is 0 Å². The van der Waals surface area contributed by atoms with E-state index in [-0.39, 0.29) is 18.7 Å². The van der Waals surface area contributed by atoms with Gasteiger partial charge in [-0.25, -0.2) is 8.42 Å². The molecule has 1 unspecified atom stereocenters. The Bertz CT molecular complexity index is 567. The average molecular weight is 364 g/mol. The first-order valence-electron chi connectivity index (χ1n) is 6.03. The number of hydrogen-bond donors (Lipinski definition) is 2. The van der Waals surface area contributed by atoms with Gasteiger partial charge in [0.2, 0.25) is 5.91 Å². The van der Waals surface area contributed by atoms with Gasteiger partial charge in [-0.05, 0) is 24.6 Å². The van der Waals surface area contributed by atoms with Crippen molar-refractivity contribution in [3.05, 3.63) is 34.3 Å². The topological polar surface area (TPSA) is 83.5 Å². The first-order valence-corrected chi connectivity index (χ1v) is 8.88. The van der Waals surface area contributed by atoms with Crippen molar-refractivity contribution in [1.29, 1.82) is 0 Å². The molecular formula is C13H18BrNO4S. The van der Waals surface area contributed by atoms with Crippen LogP contribution in [0.4, 0.5) is 0 Å². The Labute approximate surface area is 127 Å². The Balaban J connectivity index is 2.55. The van der Waals surface area contributed by atoms with Crippen LogP contribution in [0.3, 0.4) is 0 Å². The number of halogens is 1. The quantitative estimate of drug-likeness (QED) is 0.795. The molecular weight excluding hydrogens is 346 g/mol. The van der Waals surface area contributed by atoms with Crippen molar-refractivity contribution in [2.24, 2.45) is 0 Å². The standard InChI is InChI=1S/C13H18BrNO4S/c1-13(17,10-3-5-11(14)6-4-10)9-15-12(16)7-8-20(2,18)19/h3-6,17H,7-9H2,1-2H3,(H,15,16). The van der Waals surface area contributed by atoms with Crippen molar-refractivity contribution in [1.82, 2.24) is 5.32 Å². The maximum atomic E-state index is 11.5. The van der Waals surface area contributed by atoms with E-state index in [4.69, 9.17) is 0 Å². The van der Waals surface area contributed by atoms with Crippen molar-refractivity contribution in [2.75, 3.05) is 18.6 Å². The molecule has 1 atom stereocenters. The summed E-state index contributed by atoms with van der Waals surface area (Å²) in [5.74, 6) is -0.591. The van der Waals surface area contributed by atoms with Gasteiger partial charge in [0.1, 0.15) is 15.4 Å². The van der Waals surface area contributed by atoms with Crippen LogP contribution < -0.4 is 5.32 Å². The monoisotopic (exact) mass is 363 g/mol. The normalized spacial score (nSPS) is 14.6. The van der Waals surface area contributed by atoms with E-state index in [0.717, 1.165) is 10.7 Å². The molecule has 20 heavy (non-hydrogen) atoms. The minimum atomic E-state index is -3.16. The second-order valence-electron chi connectivity index (χ2n) is 4.94. The lowest BCUT2D eigenvalue weighted by Crippen LogP contribution is -2.39. The van der Waals surface area contributed by atoms with Crippen LogP contribution >= 0.6 is 15.9 Å². The third kappa shape index (κ3) is 6.02. The summed E-state index contributed by atoms with van der Waals surface area (Å²) in [7, 11) is -3.16. The van der Waals surface area contributed by atoms with E-state index < -0.39 is 21.3 Å². The molecule has 0 bridgehead atoms. The van der Waals surface area contributed by atoms with E-state index >= 15 is 0 Å². The molecule has 0 radical (unpaired) electrons. The van der Waals surface area contributed by atoms with Gasteiger partial charge in [0.05, 0.1) is 12.3 Å². The van der Waals surface area contributed by atoms with E-state index in [1.54, 1.807) is 31.2 Å². The first-order chi connectivity index (χ1) is 9.10. The minimum Gasteiger partial charge on any atom is -0.384 e. The van der Waals surface area contributed by atoms with Crippen molar-refractivity contribution < 1.29 is 18.3 Å². The molecule has 1 aromatic carbocycles. The number of rotatable bonds is 6. The van der Waals surface area contributed by atoms with Gasteiger partial charge in [-0.1, -0.05) is 28.1 Å². The van der Waals surface area contributed by atoms with Crippen LogP contribution in [-0.4, -0.2) is 38.0 Å². The van der Waals surface area contributed by atoms with Crippen molar-refractivity contribution in [3.63, 3.8) is 0 Å². The number of carbonyl (C=O) groups is 1. The smallest absolute Gasteiger partial charge is 0.221 e. The van der Waals surface area contributed by atoms with Crippen molar-refractivity contribution >= 4 is 31.7 Å². The minimum absolute atomic E-state index is 0.0250. The number of hydrogen-bond acceptors (Lipinski definition) is 4. The molecule has 112 valence electrons. The lowest BCUT2D eigenvalue weighted by Gasteiger charge is -2.24. The molecule has 0 aliphatic heterocycles. The lowest BCUT2D eigenvalue weighted by atomic mass is 9.96.